The van der Waals surface area contributed by atoms with E-state index in [1.165, 1.54) is 19.3 Å². The molecule has 0 aromatic heterocycles. The summed E-state index contributed by atoms with van der Waals surface area (Å²) in [5.41, 5.74) is 0. The van der Waals surface area contributed by atoms with Crippen LogP contribution in [-0.4, -0.2) is 23.7 Å². The van der Waals surface area contributed by atoms with E-state index < -0.39 is 5.97 Å². The summed E-state index contributed by atoms with van der Waals surface area (Å²) < 4.78 is 5.10. The van der Waals surface area contributed by atoms with E-state index in [1.807, 2.05) is 0 Å². The van der Waals surface area contributed by atoms with Gasteiger partial charge in [-0.1, -0.05) is 65.7 Å². The zero-order chi connectivity index (χ0) is 17.1. The minimum Gasteiger partial charge on any atom is -0.481 e. The Hall–Kier alpha value is -1.06. The van der Waals surface area contributed by atoms with Gasteiger partial charge < -0.3 is 9.84 Å². The molecule has 0 aliphatic carbocycles. The molecule has 4 heteroatoms. The molecule has 0 saturated carbocycles. The van der Waals surface area contributed by atoms with E-state index in [9.17, 15) is 9.59 Å². The number of carboxylic acids is 1. The molecule has 0 spiro atoms. The van der Waals surface area contributed by atoms with Crippen molar-refractivity contribution in [3.05, 3.63) is 0 Å². The highest BCUT2D eigenvalue weighted by molar-refractivity contribution is 5.69. The zero-order valence-corrected chi connectivity index (χ0v) is 14.9. The van der Waals surface area contributed by atoms with Crippen molar-refractivity contribution in [1.82, 2.24) is 0 Å². The summed E-state index contributed by atoms with van der Waals surface area (Å²) in [4.78, 5) is 21.0. The van der Waals surface area contributed by atoms with Gasteiger partial charge in [0.1, 0.15) is 0 Å². The van der Waals surface area contributed by atoms with Gasteiger partial charge in [0, 0.05) is 12.8 Å². The summed E-state index contributed by atoms with van der Waals surface area (Å²) in [6.07, 6.45) is 11.8. The van der Waals surface area contributed by atoms with Gasteiger partial charge in [-0.15, -0.1) is 0 Å². The van der Waals surface area contributed by atoms with Gasteiger partial charge >= 0.3 is 11.9 Å². The molecule has 4 nitrogen and oxygen atoms in total. The van der Waals surface area contributed by atoms with Crippen molar-refractivity contribution in [2.75, 3.05) is 6.61 Å². The van der Waals surface area contributed by atoms with Crippen molar-refractivity contribution in [3.63, 3.8) is 0 Å². The monoisotopic (exact) mass is 316 g/mol. The molecule has 0 aliphatic rings. The van der Waals surface area contributed by atoms with Gasteiger partial charge in [-0.25, -0.2) is 0 Å². The molecule has 0 bridgehead atoms. The molecule has 1 N–H and O–H groups in total. The third-order valence-electron chi connectivity index (χ3n) is 3.24. The van der Waals surface area contributed by atoms with Crippen molar-refractivity contribution in [3.8, 4) is 0 Å². The number of hydrogen-bond donors (Lipinski definition) is 1. The molecule has 0 unspecified atom stereocenters. The molecule has 0 radical (unpaired) electrons. The molecular formula is C18H36O4. The van der Waals surface area contributed by atoms with E-state index in [0.717, 1.165) is 44.9 Å². The molecular weight excluding hydrogens is 280 g/mol. The topological polar surface area (TPSA) is 63.6 Å². The van der Waals surface area contributed by atoms with Crippen LogP contribution in [0.15, 0.2) is 0 Å². The smallest absolute Gasteiger partial charge is 0.305 e. The van der Waals surface area contributed by atoms with Gasteiger partial charge in [0.15, 0.2) is 0 Å². The second-order valence-electron chi connectivity index (χ2n) is 5.59. The van der Waals surface area contributed by atoms with Crippen molar-refractivity contribution in [2.45, 2.75) is 97.8 Å². The van der Waals surface area contributed by atoms with E-state index >= 15 is 0 Å². The fourth-order valence-corrected chi connectivity index (χ4v) is 1.83. The summed E-state index contributed by atoms with van der Waals surface area (Å²) in [5, 5.41) is 8.14. The van der Waals surface area contributed by atoms with E-state index in [4.69, 9.17) is 9.84 Å². The fourth-order valence-electron chi connectivity index (χ4n) is 1.83. The Balaban J connectivity index is 0. The zero-order valence-electron chi connectivity index (χ0n) is 14.9. The van der Waals surface area contributed by atoms with E-state index in [1.54, 1.807) is 0 Å². The quantitative estimate of drug-likeness (QED) is 0.368. The van der Waals surface area contributed by atoms with Crippen LogP contribution in [0.4, 0.5) is 0 Å². The molecule has 0 heterocycles. The Morgan fingerprint density at radius 2 is 1.23 bits per heavy atom. The van der Waals surface area contributed by atoms with Crippen molar-refractivity contribution in [1.29, 1.82) is 0 Å². The molecule has 0 aliphatic heterocycles. The standard InChI is InChI=1S/C12H24O2.C6H12O2/c1-3-5-7-9-11-14-12(13)10-8-6-4-2;1-2-3-4-5-6(7)8/h3-11H2,1-2H3;2-5H2,1H3,(H,7,8). The first-order chi connectivity index (χ1) is 10.6. The highest BCUT2D eigenvalue weighted by Gasteiger charge is 2.01. The average Bonchev–Trinajstić information content (AvgIpc) is 2.48. The fraction of sp³-hybridized carbons (Fsp3) is 0.889. The third kappa shape index (κ3) is 24.0. The second kappa shape index (κ2) is 19.9. The summed E-state index contributed by atoms with van der Waals surface area (Å²) >= 11 is 0. The van der Waals surface area contributed by atoms with Crippen LogP contribution in [0.5, 0.6) is 0 Å². The van der Waals surface area contributed by atoms with Crippen LogP contribution in [0, 0.1) is 0 Å². The van der Waals surface area contributed by atoms with Gasteiger partial charge in [0.2, 0.25) is 0 Å². The molecule has 0 fully saturated rings. The lowest BCUT2D eigenvalue weighted by Gasteiger charge is -2.03. The van der Waals surface area contributed by atoms with E-state index in [2.05, 4.69) is 20.8 Å². The lowest BCUT2D eigenvalue weighted by atomic mass is 10.2. The van der Waals surface area contributed by atoms with Gasteiger partial charge in [0.05, 0.1) is 6.61 Å². The number of unbranched alkanes of at least 4 members (excludes halogenated alkanes) is 7. The molecule has 22 heavy (non-hydrogen) atoms. The Kier molecular flexibility index (Phi) is 21.0. The highest BCUT2D eigenvalue weighted by Crippen LogP contribution is 2.03. The molecule has 132 valence electrons. The van der Waals surface area contributed by atoms with Crippen molar-refractivity contribution >= 4 is 11.9 Å². The molecule has 0 aromatic rings. The lowest BCUT2D eigenvalue weighted by molar-refractivity contribution is -0.144. The number of ether oxygens (including phenoxy) is 1. The first-order valence-electron chi connectivity index (χ1n) is 8.95. The van der Waals surface area contributed by atoms with Crippen LogP contribution in [0.3, 0.4) is 0 Å². The van der Waals surface area contributed by atoms with Gasteiger partial charge in [-0.05, 0) is 19.3 Å². The Labute approximate surface area is 136 Å². The van der Waals surface area contributed by atoms with Crippen LogP contribution < -0.4 is 0 Å². The predicted molar refractivity (Wildman–Crippen MR) is 91.0 cm³/mol. The molecule has 0 rings (SSSR count). The van der Waals surface area contributed by atoms with Crippen LogP contribution in [0.1, 0.15) is 97.8 Å². The maximum Gasteiger partial charge on any atom is 0.305 e. The number of carbonyl (C=O) groups is 2. The van der Waals surface area contributed by atoms with E-state index in [0.29, 0.717) is 19.4 Å². The third-order valence-corrected chi connectivity index (χ3v) is 3.24. The number of carboxylic acid groups (broad SMARTS) is 1. The normalized spacial score (nSPS) is 9.77. The lowest BCUT2D eigenvalue weighted by Crippen LogP contribution is -2.05. The van der Waals surface area contributed by atoms with Crippen LogP contribution >= 0.6 is 0 Å². The van der Waals surface area contributed by atoms with Crippen LogP contribution in [-0.2, 0) is 14.3 Å². The Bertz CT molecular complexity index is 251. The Morgan fingerprint density at radius 3 is 1.73 bits per heavy atom. The summed E-state index contributed by atoms with van der Waals surface area (Å²) in [6.45, 7) is 6.99. The number of hydrogen-bond acceptors (Lipinski definition) is 3. The summed E-state index contributed by atoms with van der Waals surface area (Å²) in [6, 6.07) is 0. The van der Waals surface area contributed by atoms with Crippen LogP contribution in [0.2, 0.25) is 0 Å². The second-order valence-corrected chi connectivity index (χ2v) is 5.59. The first-order valence-corrected chi connectivity index (χ1v) is 8.95. The molecule has 0 atom stereocenters. The molecule has 0 saturated heterocycles. The minimum atomic E-state index is -0.682. The average molecular weight is 316 g/mol. The number of esters is 1. The van der Waals surface area contributed by atoms with Crippen molar-refractivity contribution in [2.24, 2.45) is 0 Å². The highest BCUT2D eigenvalue weighted by atomic mass is 16.5. The number of rotatable bonds is 13. The van der Waals surface area contributed by atoms with Gasteiger partial charge in [-0.2, -0.15) is 0 Å². The maximum atomic E-state index is 11.1. The first kappa shape index (κ1) is 23.2. The SMILES string of the molecule is CCCCCC(=O)O.CCCCCCOC(=O)CCCCC. The number of carbonyl (C=O) groups excluding carboxylic acids is 1. The van der Waals surface area contributed by atoms with Crippen LogP contribution in [0.25, 0.3) is 0 Å². The minimum absolute atomic E-state index is 0.0186. The van der Waals surface area contributed by atoms with Gasteiger partial charge in [-0.3, -0.25) is 9.59 Å². The summed E-state index contributed by atoms with van der Waals surface area (Å²) in [7, 11) is 0. The van der Waals surface area contributed by atoms with E-state index in [-0.39, 0.29) is 5.97 Å². The largest absolute Gasteiger partial charge is 0.481 e. The molecule has 0 aromatic carbocycles. The predicted octanol–water partition coefficient (Wildman–Crippen LogP) is 5.34. The maximum absolute atomic E-state index is 11.1. The summed E-state index contributed by atoms with van der Waals surface area (Å²) in [5.74, 6) is -0.701. The van der Waals surface area contributed by atoms with Gasteiger partial charge in [0.25, 0.3) is 0 Å². The Morgan fingerprint density at radius 1 is 0.727 bits per heavy atom. The van der Waals surface area contributed by atoms with Crippen molar-refractivity contribution < 1.29 is 19.4 Å². The molecule has 0 amide bonds. The number of aliphatic carboxylic acids is 1.